The Labute approximate surface area is 181 Å². The predicted molar refractivity (Wildman–Crippen MR) is 113 cm³/mol. The summed E-state index contributed by atoms with van der Waals surface area (Å²) in [6.45, 7) is 1.60. The summed E-state index contributed by atoms with van der Waals surface area (Å²) in [5.74, 6) is 0.774. The Balaban J connectivity index is 1.70. The Bertz CT molecular complexity index is 1160. The van der Waals surface area contributed by atoms with Gasteiger partial charge in [0.25, 0.3) is 5.69 Å². The third kappa shape index (κ3) is 5.56. The molecular formula is C20H19N5O7. The minimum atomic E-state index is -0.595. The van der Waals surface area contributed by atoms with Crippen LogP contribution in [0.5, 0.6) is 17.2 Å². The molecule has 166 valence electrons. The summed E-state index contributed by atoms with van der Waals surface area (Å²) < 4.78 is 12.0. The third-order valence-electron chi connectivity index (χ3n) is 4.37. The zero-order valence-electron chi connectivity index (χ0n) is 17.2. The van der Waals surface area contributed by atoms with Gasteiger partial charge in [-0.05, 0) is 31.2 Å². The topological polar surface area (TPSA) is 152 Å². The molecule has 0 radical (unpaired) electrons. The number of rotatable bonds is 9. The van der Waals surface area contributed by atoms with Crippen molar-refractivity contribution in [2.75, 3.05) is 12.4 Å². The highest BCUT2D eigenvalue weighted by atomic mass is 16.6. The molecule has 0 spiro atoms. The molecule has 1 heterocycles. The van der Waals surface area contributed by atoms with Gasteiger partial charge in [-0.25, -0.2) is 0 Å². The van der Waals surface area contributed by atoms with Gasteiger partial charge in [0.2, 0.25) is 5.91 Å². The van der Waals surface area contributed by atoms with Crippen molar-refractivity contribution < 1.29 is 24.1 Å². The quantitative estimate of drug-likeness (QED) is 0.388. The van der Waals surface area contributed by atoms with Crippen LogP contribution in [0, 0.1) is 27.2 Å². The maximum Gasteiger partial charge on any atom is 0.309 e. The van der Waals surface area contributed by atoms with E-state index in [-0.39, 0.29) is 41.5 Å². The van der Waals surface area contributed by atoms with E-state index in [1.54, 1.807) is 24.3 Å². The Hall–Kier alpha value is -4.48. The summed E-state index contributed by atoms with van der Waals surface area (Å²) in [5.41, 5.74) is 0.0267. The lowest BCUT2D eigenvalue weighted by molar-refractivity contribution is -0.385. The largest absolute Gasteiger partial charge is 0.497 e. The van der Waals surface area contributed by atoms with Crippen LogP contribution in [0.1, 0.15) is 12.1 Å². The third-order valence-corrected chi connectivity index (χ3v) is 4.37. The molecule has 2 aromatic carbocycles. The maximum atomic E-state index is 12.3. The van der Waals surface area contributed by atoms with Crippen LogP contribution in [0.4, 0.5) is 17.1 Å². The summed E-state index contributed by atoms with van der Waals surface area (Å²) in [5, 5.41) is 28.8. The van der Waals surface area contributed by atoms with Crippen LogP contribution in [0.25, 0.3) is 0 Å². The van der Waals surface area contributed by atoms with Crippen molar-refractivity contribution in [1.82, 2.24) is 9.78 Å². The minimum Gasteiger partial charge on any atom is -0.497 e. The Morgan fingerprint density at radius 2 is 1.75 bits per heavy atom. The van der Waals surface area contributed by atoms with E-state index in [1.807, 2.05) is 0 Å². The minimum absolute atomic E-state index is 0.0460. The number of methoxy groups -OCH3 is 1. The van der Waals surface area contributed by atoms with Crippen LogP contribution in [-0.2, 0) is 11.3 Å². The first-order valence-electron chi connectivity index (χ1n) is 9.35. The number of carbonyl (C=O) groups is 1. The molecule has 3 rings (SSSR count). The lowest BCUT2D eigenvalue weighted by Crippen LogP contribution is -2.15. The SMILES string of the molecule is COc1ccc(Oc2cc(NC(=O)CCn3cc([N+](=O)[O-])c(C)n3)cc([N+](=O)[O-])c2)cc1. The monoisotopic (exact) mass is 441 g/mol. The molecule has 12 heteroatoms. The number of hydrogen-bond acceptors (Lipinski definition) is 8. The molecule has 1 N–H and O–H groups in total. The van der Waals surface area contributed by atoms with Crippen molar-refractivity contribution in [2.45, 2.75) is 19.9 Å². The number of non-ortho nitro benzene ring substituents is 1. The summed E-state index contributed by atoms with van der Waals surface area (Å²) in [4.78, 5) is 33.4. The second-order valence-electron chi connectivity index (χ2n) is 6.67. The van der Waals surface area contributed by atoms with Crippen molar-refractivity contribution in [3.63, 3.8) is 0 Å². The van der Waals surface area contributed by atoms with E-state index in [1.165, 1.54) is 43.1 Å². The Morgan fingerprint density at radius 1 is 1.06 bits per heavy atom. The van der Waals surface area contributed by atoms with Crippen molar-refractivity contribution in [1.29, 1.82) is 0 Å². The number of benzene rings is 2. The van der Waals surface area contributed by atoms with Crippen LogP contribution >= 0.6 is 0 Å². The molecule has 0 aliphatic rings. The molecule has 0 aliphatic carbocycles. The Morgan fingerprint density at radius 3 is 2.34 bits per heavy atom. The number of amides is 1. The number of anilines is 1. The van der Waals surface area contributed by atoms with E-state index in [4.69, 9.17) is 9.47 Å². The van der Waals surface area contributed by atoms with E-state index in [0.29, 0.717) is 11.5 Å². The van der Waals surface area contributed by atoms with Gasteiger partial charge >= 0.3 is 5.69 Å². The fourth-order valence-electron chi connectivity index (χ4n) is 2.84. The number of aromatic nitrogens is 2. The van der Waals surface area contributed by atoms with Gasteiger partial charge in [-0.1, -0.05) is 0 Å². The number of aryl methyl sites for hydroxylation is 2. The van der Waals surface area contributed by atoms with Crippen LogP contribution in [-0.4, -0.2) is 32.6 Å². The number of nitrogens with zero attached hydrogens (tertiary/aromatic N) is 4. The van der Waals surface area contributed by atoms with Crippen molar-refractivity contribution in [3.8, 4) is 17.2 Å². The highest BCUT2D eigenvalue weighted by Gasteiger charge is 2.17. The first kappa shape index (κ1) is 22.2. The van der Waals surface area contributed by atoms with E-state index in [0.717, 1.165) is 0 Å². The summed E-state index contributed by atoms with van der Waals surface area (Å²) >= 11 is 0. The van der Waals surface area contributed by atoms with Gasteiger partial charge in [0, 0.05) is 25.1 Å². The van der Waals surface area contributed by atoms with Crippen molar-refractivity contribution in [2.24, 2.45) is 0 Å². The van der Waals surface area contributed by atoms with Crippen LogP contribution in [0.2, 0.25) is 0 Å². The molecule has 0 aliphatic heterocycles. The number of ether oxygens (including phenoxy) is 2. The van der Waals surface area contributed by atoms with Gasteiger partial charge < -0.3 is 14.8 Å². The fraction of sp³-hybridized carbons (Fsp3) is 0.200. The van der Waals surface area contributed by atoms with Crippen molar-refractivity contribution >= 4 is 23.0 Å². The fourth-order valence-corrected chi connectivity index (χ4v) is 2.84. The smallest absolute Gasteiger partial charge is 0.309 e. The maximum absolute atomic E-state index is 12.3. The number of hydrogen-bond donors (Lipinski definition) is 1. The van der Waals surface area contributed by atoms with E-state index in [9.17, 15) is 25.0 Å². The average Bonchev–Trinajstić information content (AvgIpc) is 3.13. The normalized spacial score (nSPS) is 10.4. The van der Waals surface area contributed by atoms with E-state index >= 15 is 0 Å². The van der Waals surface area contributed by atoms with Gasteiger partial charge in [-0.3, -0.25) is 29.7 Å². The molecule has 32 heavy (non-hydrogen) atoms. The summed E-state index contributed by atoms with van der Waals surface area (Å²) in [6, 6.07) is 10.5. The molecule has 0 saturated heterocycles. The molecule has 3 aromatic rings. The first-order chi connectivity index (χ1) is 15.2. The summed E-state index contributed by atoms with van der Waals surface area (Å²) in [7, 11) is 1.53. The average molecular weight is 441 g/mol. The predicted octanol–water partition coefficient (Wildman–Crippen LogP) is 3.84. The molecule has 0 saturated carbocycles. The van der Waals surface area contributed by atoms with Crippen LogP contribution in [0.3, 0.4) is 0 Å². The number of carbonyl (C=O) groups excluding carboxylic acids is 1. The van der Waals surface area contributed by atoms with Gasteiger partial charge in [-0.2, -0.15) is 5.10 Å². The van der Waals surface area contributed by atoms with Crippen LogP contribution < -0.4 is 14.8 Å². The standard InChI is InChI=1S/C20H19N5O7/c1-13-19(25(29)30)12-23(22-13)8-7-20(26)21-14-9-15(24(27)28)11-18(10-14)32-17-5-3-16(31-2)4-6-17/h3-6,9-12H,7-8H2,1-2H3,(H,21,26). The molecule has 1 aromatic heterocycles. The molecular weight excluding hydrogens is 422 g/mol. The van der Waals surface area contributed by atoms with E-state index in [2.05, 4.69) is 10.4 Å². The second-order valence-corrected chi connectivity index (χ2v) is 6.67. The first-order valence-corrected chi connectivity index (χ1v) is 9.35. The number of nitro groups is 2. The van der Waals surface area contributed by atoms with Gasteiger partial charge in [0.1, 0.15) is 29.1 Å². The van der Waals surface area contributed by atoms with Gasteiger partial charge in [0.05, 0.1) is 28.7 Å². The molecule has 12 nitrogen and oxygen atoms in total. The highest BCUT2D eigenvalue weighted by Crippen LogP contribution is 2.30. The summed E-state index contributed by atoms with van der Waals surface area (Å²) in [6.07, 6.45) is 1.20. The molecule has 0 fully saturated rings. The van der Waals surface area contributed by atoms with Gasteiger partial charge in [-0.15, -0.1) is 0 Å². The lowest BCUT2D eigenvalue weighted by Gasteiger charge is -2.10. The van der Waals surface area contributed by atoms with Crippen molar-refractivity contribution in [3.05, 3.63) is 74.6 Å². The number of nitro benzene ring substituents is 1. The number of nitrogens with one attached hydrogen (secondary N) is 1. The van der Waals surface area contributed by atoms with Gasteiger partial charge in [0.15, 0.2) is 0 Å². The zero-order valence-corrected chi connectivity index (χ0v) is 17.2. The molecule has 0 unspecified atom stereocenters. The Kier molecular flexibility index (Phi) is 6.63. The molecule has 1 amide bonds. The molecule has 0 bridgehead atoms. The zero-order chi connectivity index (χ0) is 23.3. The second kappa shape index (κ2) is 9.55. The lowest BCUT2D eigenvalue weighted by atomic mass is 10.2. The van der Waals surface area contributed by atoms with E-state index < -0.39 is 15.8 Å². The van der Waals surface area contributed by atoms with Crippen LogP contribution in [0.15, 0.2) is 48.7 Å². The highest BCUT2D eigenvalue weighted by molar-refractivity contribution is 5.91. The molecule has 0 atom stereocenters.